The molecular formula is C19H19NO2. The van der Waals surface area contributed by atoms with Crippen LogP contribution in [0.2, 0.25) is 0 Å². The summed E-state index contributed by atoms with van der Waals surface area (Å²) in [6.07, 6.45) is 0. The van der Waals surface area contributed by atoms with Crippen LogP contribution >= 0.6 is 0 Å². The fraction of sp³-hybridized carbons (Fsp3) is 0.211. The largest absolute Gasteiger partial charge is 0.492 e. The van der Waals surface area contributed by atoms with E-state index in [9.17, 15) is 4.79 Å². The molecule has 0 saturated heterocycles. The Balaban J connectivity index is 1.92. The fourth-order valence-corrected chi connectivity index (χ4v) is 2.78. The minimum Gasteiger partial charge on any atom is -0.492 e. The molecule has 22 heavy (non-hydrogen) atoms. The average molecular weight is 293 g/mol. The summed E-state index contributed by atoms with van der Waals surface area (Å²) in [5.74, 6) is 0.823. The topological polar surface area (TPSA) is 31.2 Å². The number of rotatable bonds is 4. The Labute approximate surface area is 129 Å². The van der Waals surface area contributed by atoms with E-state index in [1.54, 1.807) is 10.6 Å². The summed E-state index contributed by atoms with van der Waals surface area (Å²) in [6.45, 7) is 5.02. The molecule has 0 saturated carbocycles. The van der Waals surface area contributed by atoms with Crippen LogP contribution in [0.4, 0.5) is 0 Å². The fourth-order valence-electron chi connectivity index (χ4n) is 2.78. The second kappa shape index (κ2) is 6.06. The minimum absolute atomic E-state index is 0.0240. The lowest BCUT2D eigenvalue weighted by atomic mass is 10.1. The van der Waals surface area contributed by atoms with Crippen LogP contribution in [0.5, 0.6) is 5.75 Å². The Morgan fingerprint density at radius 2 is 1.73 bits per heavy atom. The SMILES string of the molecule is Cc1cc(=O)n(CCOc2ccccc2)c2c(C)cccc12. The Hall–Kier alpha value is -2.55. The van der Waals surface area contributed by atoms with Gasteiger partial charge in [0, 0.05) is 11.5 Å². The molecule has 0 fully saturated rings. The third kappa shape index (κ3) is 2.75. The molecule has 0 spiro atoms. The number of aryl methyl sites for hydroxylation is 2. The molecule has 0 unspecified atom stereocenters. The zero-order valence-electron chi connectivity index (χ0n) is 12.9. The molecule has 112 valence electrons. The van der Waals surface area contributed by atoms with Crippen LogP contribution in [0.25, 0.3) is 10.9 Å². The lowest BCUT2D eigenvalue weighted by Crippen LogP contribution is -2.24. The molecule has 3 aromatic rings. The smallest absolute Gasteiger partial charge is 0.251 e. The van der Waals surface area contributed by atoms with Gasteiger partial charge in [-0.1, -0.05) is 36.4 Å². The van der Waals surface area contributed by atoms with Crippen molar-refractivity contribution in [2.24, 2.45) is 0 Å². The first-order valence-electron chi connectivity index (χ1n) is 7.44. The molecule has 1 aromatic heterocycles. The zero-order chi connectivity index (χ0) is 15.5. The van der Waals surface area contributed by atoms with Crippen molar-refractivity contribution in [2.75, 3.05) is 6.61 Å². The van der Waals surface area contributed by atoms with Crippen molar-refractivity contribution < 1.29 is 4.74 Å². The number of para-hydroxylation sites is 2. The number of ether oxygens (including phenoxy) is 1. The molecule has 0 amide bonds. The molecule has 0 aliphatic heterocycles. The third-order valence-electron chi connectivity index (χ3n) is 3.87. The summed E-state index contributed by atoms with van der Waals surface area (Å²) in [5, 5.41) is 1.12. The molecule has 3 heteroatoms. The van der Waals surface area contributed by atoms with E-state index in [0.717, 1.165) is 27.8 Å². The highest BCUT2D eigenvalue weighted by atomic mass is 16.5. The number of hydrogen-bond acceptors (Lipinski definition) is 2. The highest BCUT2D eigenvalue weighted by Gasteiger charge is 2.08. The third-order valence-corrected chi connectivity index (χ3v) is 3.87. The van der Waals surface area contributed by atoms with Crippen LogP contribution in [0.3, 0.4) is 0 Å². The van der Waals surface area contributed by atoms with E-state index in [2.05, 4.69) is 6.07 Å². The predicted molar refractivity (Wildman–Crippen MR) is 89.6 cm³/mol. The van der Waals surface area contributed by atoms with E-state index < -0.39 is 0 Å². The van der Waals surface area contributed by atoms with Gasteiger partial charge in [0.25, 0.3) is 5.56 Å². The molecule has 0 aliphatic carbocycles. The summed E-state index contributed by atoms with van der Waals surface area (Å²) in [7, 11) is 0. The summed E-state index contributed by atoms with van der Waals surface area (Å²) in [5.41, 5.74) is 3.15. The maximum absolute atomic E-state index is 12.4. The van der Waals surface area contributed by atoms with E-state index in [-0.39, 0.29) is 5.56 Å². The zero-order valence-corrected chi connectivity index (χ0v) is 12.9. The van der Waals surface area contributed by atoms with Gasteiger partial charge < -0.3 is 9.30 Å². The van der Waals surface area contributed by atoms with Crippen molar-refractivity contribution >= 4 is 10.9 Å². The van der Waals surface area contributed by atoms with Gasteiger partial charge in [-0.3, -0.25) is 4.79 Å². The van der Waals surface area contributed by atoms with Crippen LogP contribution in [0.1, 0.15) is 11.1 Å². The molecule has 3 rings (SSSR count). The molecule has 0 aliphatic rings. The van der Waals surface area contributed by atoms with Gasteiger partial charge in [0.15, 0.2) is 0 Å². The second-order valence-electron chi connectivity index (χ2n) is 5.45. The summed E-state index contributed by atoms with van der Waals surface area (Å²) in [6, 6.07) is 17.5. The van der Waals surface area contributed by atoms with Crippen LogP contribution in [0.15, 0.2) is 59.4 Å². The number of benzene rings is 2. The van der Waals surface area contributed by atoms with Crippen LogP contribution < -0.4 is 10.3 Å². The Kier molecular flexibility index (Phi) is 3.96. The van der Waals surface area contributed by atoms with E-state index in [4.69, 9.17) is 4.74 Å². The van der Waals surface area contributed by atoms with Gasteiger partial charge in [-0.2, -0.15) is 0 Å². The molecule has 0 radical (unpaired) electrons. The van der Waals surface area contributed by atoms with Gasteiger partial charge >= 0.3 is 0 Å². The molecule has 0 N–H and O–H groups in total. The van der Waals surface area contributed by atoms with Gasteiger partial charge in [0.05, 0.1) is 12.1 Å². The number of hydrogen-bond donors (Lipinski definition) is 0. The van der Waals surface area contributed by atoms with Crippen LogP contribution in [0, 0.1) is 13.8 Å². The Morgan fingerprint density at radius 1 is 0.955 bits per heavy atom. The van der Waals surface area contributed by atoms with Crippen molar-refractivity contribution in [3.63, 3.8) is 0 Å². The molecule has 2 aromatic carbocycles. The number of pyridine rings is 1. The van der Waals surface area contributed by atoms with E-state index in [1.165, 1.54) is 0 Å². The van der Waals surface area contributed by atoms with Gasteiger partial charge in [0.1, 0.15) is 12.4 Å². The molecule has 0 bridgehead atoms. The van der Waals surface area contributed by atoms with Gasteiger partial charge in [-0.25, -0.2) is 0 Å². The van der Waals surface area contributed by atoms with Crippen molar-refractivity contribution in [2.45, 2.75) is 20.4 Å². The first-order valence-corrected chi connectivity index (χ1v) is 7.44. The van der Waals surface area contributed by atoms with Crippen molar-refractivity contribution in [1.29, 1.82) is 0 Å². The Bertz CT molecular complexity index is 850. The maximum Gasteiger partial charge on any atom is 0.251 e. The first kappa shape index (κ1) is 14.4. The Morgan fingerprint density at radius 3 is 2.50 bits per heavy atom. The van der Waals surface area contributed by atoms with E-state index >= 15 is 0 Å². The summed E-state index contributed by atoms with van der Waals surface area (Å²) >= 11 is 0. The summed E-state index contributed by atoms with van der Waals surface area (Å²) in [4.78, 5) is 12.4. The van der Waals surface area contributed by atoms with Gasteiger partial charge in [-0.15, -0.1) is 0 Å². The monoisotopic (exact) mass is 293 g/mol. The number of nitrogens with zero attached hydrogens (tertiary/aromatic N) is 1. The normalized spacial score (nSPS) is 10.8. The summed E-state index contributed by atoms with van der Waals surface area (Å²) < 4.78 is 7.53. The number of aromatic nitrogens is 1. The molecule has 3 nitrogen and oxygen atoms in total. The van der Waals surface area contributed by atoms with Gasteiger partial charge in [0.2, 0.25) is 0 Å². The van der Waals surface area contributed by atoms with Gasteiger partial charge in [-0.05, 0) is 37.1 Å². The van der Waals surface area contributed by atoms with Crippen molar-refractivity contribution in [3.8, 4) is 5.75 Å². The minimum atomic E-state index is 0.0240. The highest BCUT2D eigenvalue weighted by molar-refractivity contribution is 5.85. The lowest BCUT2D eigenvalue weighted by Gasteiger charge is -2.14. The highest BCUT2D eigenvalue weighted by Crippen LogP contribution is 2.20. The second-order valence-corrected chi connectivity index (χ2v) is 5.45. The molecule has 0 atom stereocenters. The molecule has 1 heterocycles. The predicted octanol–water partition coefficient (Wildman–Crippen LogP) is 3.70. The number of fused-ring (bicyclic) bond motifs is 1. The van der Waals surface area contributed by atoms with Crippen molar-refractivity contribution in [1.82, 2.24) is 4.57 Å². The quantitative estimate of drug-likeness (QED) is 0.734. The lowest BCUT2D eigenvalue weighted by molar-refractivity contribution is 0.298. The van der Waals surface area contributed by atoms with E-state index in [0.29, 0.717) is 13.2 Å². The van der Waals surface area contributed by atoms with Crippen LogP contribution in [-0.2, 0) is 6.54 Å². The van der Waals surface area contributed by atoms with Crippen LogP contribution in [-0.4, -0.2) is 11.2 Å². The molecular weight excluding hydrogens is 274 g/mol. The first-order chi connectivity index (χ1) is 10.7. The van der Waals surface area contributed by atoms with E-state index in [1.807, 2.05) is 56.3 Å². The van der Waals surface area contributed by atoms with Crippen molar-refractivity contribution in [3.05, 3.63) is 76.1 Å². The average Bonchev–Trinajstić information content (AvgIpc) is 2.52. The maximum atomic E-state index is 12.4. The standard InChI is InChI=1S/C19H19NO2/c1-14-7-6-10-17-15(2)13-18(21)20(19(14)17)11-12-22-16-8-4-3-5-9-16/h3-10,13H,11-12H2,1-2H3.